The van der Waals surface area contributed by atoms with Crippen molar-refractivity contribution in [2.45, 2.75) is 84.1 Å². The summed E-state index contributed by atoms with van der Waals surface area (Å²) in [5.41, 5.74) is 10.3. The lowest BCUT2D eigenvalue weighted by Crippen LogP contribution is -2.33. The number of nitrogens with one attached hydrogen (secondary N) is 2. The van der Waals surface area contributed by atoms with E-state index >= 15 is 0 Å². The molecule has 0 bridgehead atoms. The first-order valence-electron chi connectivity index (χ1n) is 18.7. The molecule has 2 N–H and O–H groups in total. The lowest BCUT2D eigenvalue weighted by atomic mass is 9.81. The van der Waals surface area contributed by atoms with Crippen LogP contribution in [-0.2, 0) is 51.7 Å². The van der Waals surface area contributed by atoms with Crippen molar-refractivity contribution < 1.29 is 23.9 Å². The number of carbonyl (C=O) groups excluding carboxylic acids is 3. The van der Waals surface area contributed by atoms with Gasteiger partial charge >= 0.3 is 5.97 Å². The number of ether oxygens (including phenoxy) is 2. The maximum absolute atomic E-state index is 13.9. The van der Waals surface area contributed by atoms with E-state index in [-0.39, 0.29) is 42.7 Å². The number of esters is 1. The summed E-state index contributed by atoms with van der Waals surface area (Å²) >= 11 is 0. The van der Waals surface area contributed by atoms with Crippen molar-refractivity contribution in [2.75, 3.05) is 6.73 Å². The Kier molecular flexibility index (Phi) is 9.90. The summed E-state index contributed by atoms with van der Waals surface area (Å²) in [6.07, 6.45) is 4.08. The van der Waals surface area contributed by atoms with Crippen LogP contribution < -0.4 is 21.5 Å². The minimum atomic E-state index is -0.491. The van der Waals surface area contributed by atoms with Gasteiger partial charge in [0.15, 0.2) is 0 Å². The number of hydrogen-bond donors (Lipinski definition) is 2. The second-order valence-electron chi connectivity index (χ2n) is 14.4. The fraction of sp³-hybridized carbons (Fsp3) is 0.326. The minimum absolute atomic E-state index is 0.0299. The van der Waals surface area contributed by atoms with Gasteiger partial charge in [0, 0.05) is 22.9 Å². The Morgan fingerprint density at radius 2 is 1.81 bits per heavy atom. The van der Waals surface area contributed by atoms with Gasteiger partial charge in [-0.3, -0.25) is 19.2 Å². The molecule has 0 saturated heterocycles. The Morgan fingerprint density at radius 1 is 1.02 bits per heavy atom. The van der Waals surface area contributed by atoms with Crippen LogP contribution in [0.1, 0.15) is 99.4 Å². The van der Waals surface area contributed by atoms with Crippen LogP contribution in [0.3, 0.4) is 0 Å². The average Bonchev–Trinajstić information content (AvgIpc) is 3.55. The number of rotatable bonds is 11. The second-order valence-corrected chi connectivity index (χ2v) is 15.1. The molecule has 0 fully saturated rings. The summed E-state index contributed by atoms with van der Waals surface area (Å²) in [5, 5.41) is 8.25. The molecule has 5 aromatic rings. The number of benzene rings is 3. The van der Waals surface area contributed by atoms with Crippen LogP contribution in [-0.4, -0.2) is 34.1 Å². The Morgan fingerprint density at radius 3 is 2.59 bits per heavy atom. The summed E-state index contributed by atoms with van der Waals surface area (Å²) in [5.74, 6) is -1.04. The maximum Gasteiger partial charge on any atom is 0.313 e. The normalized spacial score (nSPS) is 16.7. The van der Waals surface area contributed by atoms with Gasteiger partial charge in [-0.05, 0) is 102 Å². The predicted octanol–water partition coefficient (Wildman–Crippen LogP) is 5.81. The van der Waals surface area contributed by atoms with Gasteiger partial charge < -0.3 is 24.7 Å². The Balaban J connectivity index is 0.986. The second kappa shape index (κ2) is 14.9. The van der Waals surface area contributed by atoms with E-state index in [1.165, 1.54) is 16.7 Å². The van der Waals surface area contributed by atoms with E-state index in [1.807, 2.05) is 43.3 Å². The lowest BCUT2D eigenvalue weighted by Gasteiger charge is -2.30. The van der Waals surface area contributed by atoms with Crippen LogP contribution >= 0.6 is 9.24 Å². The van der Waals surface area contributed by atoms with Gasteiger partial charge in [0.25, 0.3) is 11.5 Å². The number of amides is 2. The summed E-state index contributed by atoms with van der Waals surface area (Å²) in [6.45, 7) is 4.75. The Hall–Kier alpha value is -5.18. The molecule has 8 rings (SSSR count). The molecule has 0 spiro atoms. The van der Waals surface area contributed by atoms with Crippen molar-refractivity contribution in [3.8, 4) is 11.4 Å². The van der Waals surface area contributed by atoms with Gasteiger partial charge in [-0.2, -0.15) is 0 Å². The number of pyridine rings is 2. The van der Waals surface area contributed by atoms with Crippen molar-refractivity contribution in [2.24, 2.45) is 0 Å². The molecule has 10 nitrogen and oxygen atoms in total. The molecule has 2 amide bonds. The summed E-state index contributed by atoms with van der Waals surface area (Å²) in [6, 6.07) is 21.1. The van der Waals surface area contributed by atoms with Crippen molar-refractivity contribution in [1.29, 1.82) is 0 Å². The fourth-order valence-corrected chi connectivity index (χ4v) is 8.59. The first kappa shape index (κ1) is 35.8. The number of fused-ring (bicyclic) bond motifs is 5. The van der Waals surface area contributed by atoms with E-state index in [0.717, 1.165) is 63.4 Å². The number of aryl methyl sites for hydroxylation is 2. The highest BCUT2D eigenvalue weighted by molar-refractivity contribution is 7.27. The van der Waals surface area contributed by atoms with E-state index < -0.39 is 5.92 Å². The highest BCUT2D eigenvalue weighted by Crippen LogP contribution is 2.45. The van der Waals surface area contributed by atoms with E-state index in [1.54, 1.807) is 16.7 Å². The number of aromatic nitrogens is 2. The van der Waals surface area contributed by atoms with Gasteiger partial charge in [0.05, 0.1) is 47.6 Å². The molecule has 1 aliphatic carbocycles. The minimum Gasteiger partial charge on any atom is -0.460 e. The van der Waals surface area contributed by atoms with Gasteiger partial charge in [-0.25, -0.2) is 4.98 Å². The topological polar surface area (TPSA) is 129 Å². The van der Waals surface area contributed by atoms with Crippen LogP contribution in [0.25, 0.3) is 22.3 Å². The third kappa shape index (κ3) is 6.62. The average molecular weight is 743 g/mol. The molecule has 3 aromatic carbocycles. The van der Waals surface area contributed by atoms with E-state index in [9.17, 15) is 19.2 Å². The van der Waals surface area contributed by atoms with Crippen LogP contribution in [0.2, 0.25) is 0 Å². The fourth-order valence-electron chi connectivity index (χ4n) is 8.26. The SMILES string of the molecule is CCC1C(=O)OCc2c1cc1n(c2=O)Cc2c-1nc1cc(P)c(C)c3c1c2C(NC(=O)c1ccc(COCNC(=O)CCCc2ccccc2)cc1)CC3. The van der Waals surface area contributed by atoms with Gasteiger partial charge in [0.1, 0.15) is 13.3 Å². The van der Waals surface area contributed by atoms with Crippen molar-refractivity contribution >= 4 is 43.2 Å². The smallest absolute Gasteiger partial charge is 0.313 e. The maximum atomic E-state index is 13.9. The van der Waals surface area contributed by atoms with Crippen molar-refractivity contribution in [3.63, 3.8) is 0 Å². The third-order valence-electron chi connectivity index (χ3n) is 11.2. The molecule has 276 valence electrons. The van der Waals surface area contributed by atoms with E-state index in [2.05, 4.69) is 45.0 Å². The van der Waals surface area contributed by atoms with Gasteiger partial charge in [-0.15, -0.1) is 9.24 Å². The molecule has 2 aromatic heterocycles. The molecule has 0 saturated carbocycles. The zero-order valence-electron chi connectivity index (χ0n) is 30.5. The molecular formula is C43H43N4O6P. The van der Waals surface area contributed by atoms with Gasteiger partial charge in [-0.1, -0.05) is 49.4 Å². The van der Waals surface area contributed by atoms with Crippen LogP contribution in [0.5, 0.6) is 0 Å². The lowest BCUT2D eigenvalue weighted by molar-refractivity contribution is -0.148. The molecule has 3 atom stereocenters. The highest BCUT2D eigenvalue weighted by Gasteiger charge is 2.37. The number of cyclic esters (lactones) is 1. The zero-order chi connectivity index (χ0) is 37.5. The first-order chi connectivity index (χ1) is 26.2. The molecule has 2 aliphatic heterocycles. The number of carbonyl (C=O) groups is 3. The summed E-state index contributed by atoms with van der Waals surface area (Å²) in [7, 11) is 2.83. The molecule has 0 radical (unpaired) electrons. The number of hydrogen-bond acceptors (Lipinski definition) is 7. The molecule has 4 heterocycles. The molecular weight excluding hydrogens is 699 g/mol. The summed E-state index contributed by atoms with van der Waals surface area (Å²) < 4.78 is 12.9. The summed E-state index contributed by atoms with van der Waals surface area (Å²) in [4.78, 5) is 57.8. The van der Waals surface area contributed by atoms with Crippen molar-refractivity contribution in [1.82, 2.24) is 20.2 Å². The Labute approximate surface area is 315 Å². The van der Waals surface area contributed by atoms with Crippen LogP contribution in [0, 0.1) is 6.92 Å². The van der Waals surface area contributed by atoms with Crippen LogP contribution in [0.4, 0.5) is 0 Å². The van der Waals surface area contributed by atoms with E-state index in [0.29, 0.717) is 49.2 Å². The standard InChI is InChI=1S/C43H43N4O6P/c1-3-28-30-18-35-40-31(20-47(35)42(50)32(30)22-53-43(28)51)39-33(17-16-29-24(2)36(54)19-34(45-40)38(29)39)46-41(49)27-14-12-26(13-15-27)21-52-23-44-37(48)11-7-10-25-8-5-4-6-9-25/h4-6,8-9,12-15,18-19,28,33H,3,7,10-11,16-17,20-23,54H2,1-2H3,(H,44,48)(H,46,49). The first-order valence-corrected chi connectivity index (χ1v) is 19.3. The predicted molar refractivity (Wildman–Crippen MR) is 210 cm³/mol. The molecule has 54 heavy (non-hydrogen) atoms. The quantitative estimate of drug-likeness (QED) is 0.0742. The number of nitrogens with zero attached hydrogens (tertiary/aromatic N) is 2. The molecule has 3 unspecified atom stereocenters. The highest BCUT2D eigenvalue weighted by atomic mass is 31.0. The molecule has 3 aliphatic rings. The zero-order valence-corrected chi connectivity index (χ0v) is 31.7. The van der Waals surface area contributed by atoms with Crippen LogP contribution in [0.15, 0.2) is 71.5 Å². The monoisotopic (exact) mass is 742 g/mol. The van der Waals surface area contributed by atoms with Crippen molar-refractivity contribution in [3.05, 3.63) is 127 Å². The largest absolute Gasteiger partial charge is 0.460 e. The van der Waals surface area contributed by atoms with Gasteiger partial charge in [0.2, 0.25) is 5.91 Å². The Bertz CT molecular complexity index is 2370. The molecule has 11 heteroatoms. The third-order valence-corrected chi connectivity index (χ3v) is 11.8. The van der Waals surface area contributed by atoms with E-state index in [4.69, 9.17) is 14.5 Å².